The van der Waals surface area contributed by atoms with E-state index in [1.54, 1.807) is 7.11 Å². The Bertz CT molecular complexity index is 988. The highest BCUT2D eigenvalue weighted by atomic mass is 16.5. The number of aliphatic hydroxyl groups is 1. The Morgan fingerprint density at radius 3 is 2.58 bits per heavy atom. The molecule has 0 bridgehead atoms. The SMILES string of the molecule is COc1ccc2c3c(n(C)c2c1)[C@H](CO)N(C(=O)NC1CCCCC1)CC31CN(C)C1. The van der Waals surface area contributed by atoms with Gasteiger partial charge in [0.25, 0.3) is 0 Å². The van der Waals surface area contributed by atoms with Crippen molar-refractivity contribution in [3.63, 3.8) is 0 Å². The minimum absolute atomic E-state index is 0.0339. The van der Waals surface area contributed by atoms with E-state index in [1.807, 2.05) is 18.0 Å². The lowest BCUT2D eigenvalue weighted by Gasteiger charge is -2.55. The number of aliphatic hydroxyl groups excluding tert-OH is 1. The quantitative estimate of drug-likeness (QED) is 0.792. The van der Waals surface area contributed by atoms with Crippen molar-refractivity contribution in [2.45, 2.75) is 49.6 Å². The van der Waals surface area contributed by atoms with Crippen molar-refractivity contribution < 1.29 is 14.6 Å². The molecule has 2 N–H and O–H groups in total. The van der Waals surface area contributed by atoms with E-state index in [0.717, 1.165) is 42.9 Å². The van der Waals surface area contributed by atoms with Gasteiger partial charge >= 0.3 is 6.03 Å². The van der Waals surface area contributed by atoms with Crippen molar-refractivity contribution in [3.05, 3.63) is 29.5 Å². The topological polar surface area (TPSA) is 70.0 Å². The number of amides is 2. The fourth-order valence-corrected chi connectivity index (χ4v) is 6.32. The molecule has 1 aromatic carbocycles. The van der Waals surface area contributed by atoms with Crippen LogP contribution in [0.4, 0.5) is 4.79 Å². The van der Waals surface area contributed by atoms with Crippen LogP contribution in [0, 0.1) is 0 Å². The third kappa shape index (κ3) is 3.21. The Kier molecular flexibility index (Phi) is 5.13. The second kappa shape index (κ2) is 7.71. The maximum Gasteiger partial charge on any atom is 0.318 e. The molecule has 31 heavy (non-hydrogen) atoms. The van der Waals surface area contributed by atoms with Gasteiger partial charge in [0.1, 0.15) is 5.75 Å². The number of likely N-dealkylation sites (tertiary alicyclic amines) is 1. The van der Waals surface area contributed by atoms with Crippen molar-refractivity contribution in [3.8, 4) is 5.75 Å². The van der Waals surface area contributed by atoms with Gasteiger partial charge in [-0.15, -0.1) is 0 Å². The van der Waals surface area contributed by atoms with Crippen LogP contribution in [0.15, 0.2) is 18.2 Å². The first kappa shape index (κ1) is 20.6. The minimum Gasteiger partial charge on any atom is -0.497 e. The summed E-state index contributed by atoms with van der Waals surface area (Å²) in [4.78, 5) is 17.7. The molecule has 1 atom stereocenters. The summed E-state index contributed by atoms with van der Waals surface area (Å²) in [6.45, 7) is 2.38. The molecule has 0 radical (unpaired) electrons. The molecule has 1 aromatic heterocycles. The third-order valence-corrected chi connectivity index (χ3v) is 7.66. The number of hydrogen-bond acceptors (Lipinski definition) is 4. The van der Waals surface area contributed by atoms with Crippen molar-refractivity contribution >= 4 is 16.9 Å². The molecule has 3 aliphatic rings. The highest BCUT2D eigenvalue weighted by Gasteiger charge is 2.53. The zero-order valence-electron chi connectivity index (χ0n) is 18.9. The van der Waals surface area contributed by atoms with Gasteiger partial charge in [0.05, 0.1) is 25.3 Å². The van der Waals surface area contributed by atoms with Crippen molar-refractivity contribution in [1.82, 2.24) is 19.7 Å². The molecule has 1 spiro atoms. The fourth-order valence-electron chi connectivity index (χ4n) is 6.32. The molecule has 168 valence electrons. The molecular formula is C24H34N4O3. The Balaban J connectivity index is 1.58. The molecule has 7 heteroatoms. The van der Waals surface area contributed by atoms with Gasteiger partial charge in [-0.3, -0.25) is 0 Å². The first-order chi connectivity index (χ1) is 15.0. The van der Waals surface area contributed by atoms with Gasteiger partial charge in [-0.2, -0.15) is 0 Å². The number of carbonyl (C=O) groups is 1. The predicted octanol–water partition coefficient (Wildman–Crippen LogP) is 2.76. The summed E-state index contributed by atoms with van der Waals surface area (Å²) in [5.74, 6) is 0.817. The van der Waals surface area contributed by atoms with Crippen LogP contribution in [0.2, 0.25) is 0 Å². The number of benzene rings is 1. The smallest absolute Gasteiger partial charge is 0.318 e. The number of fused-ring (bicyclic) bond motifs is 4. The Labute approximate surface area is 183 Å². The lowest BCUT2D eigenvalue weighted by atomic mass is 9.69. The van der Waals surface area contributed by atoms with E-state index in [0.29, 0.717) is 6.54 Å². The summed E-state index contributed by atoms with van der Waals surface area (Å²) in [6.07, 6.45) is 5.72. The summed E-state index contributed by atoms with van der Waals surface area (Å²) >= 11 is 0. The number of aryl methyl sites for hydroxylation is 1. The monoisotopic (exact) mass is 426 g/mol. The van der Waals surface area contributed by atoms with Gasteiger partial charge in [-0.1, -0.05) is 19.3 Å². The maximum absolute atomic E-state index is 13.4. The number of rotatable bonds is 3. The van der Waals surface area contributed by atoms with Crippen molar-refractivity contribution in [2.24, 2.45) is 7.05 Å². The number of carbonyl (C=O) groups excluding carboxylic acids is 1. The highest BCUT2D eigenvalue weighted by Crippen LogP contribution is 2.49. The van der Waals surface area contributed by atoms with Gasteiger partial charge in [0, 0.05) is 55.3 Å². The normalized spacial score (nSPS) is 23.6. The standard InChI is InChI=1S/C24H34N4O3/c1-26-13-24(14-26)15-28(23(30)25-16-7-5-4-6-8-16)20(12-29)22-21(24)18-10-9-17(31-3)11-19(18)27(22)2/h9-11,16,20,29H,4-8,12-15H2,1-3H3,(H,25,30)/t20-/m0/s1. The van der Waals surface area contributed by atoms with Gasteiger partial charge in [0.2, 0.25) is 0 Å². The van der Waals surface area contributed by atoms with Crippen LogP contribution in [0.1, 0.15) is 49.4 Å². The summed E-state index contributed by atoms with van der Waals surface area (Å²) in [6, 6.07) is 6.07. The van der Waals surface area contributed by atoms with Gasteiger partial charge in [0.15, 0.2) is 0 Å². The fraction of sp³-hybridized carbons (Fsp3) is 0.625. The maximum atomic E-state index is 13.4. The van der Waals surface area contributed by atoms with Crippen LogP contribution >= 0.6 is 0 Å². The Morgan fingerprint density at radius 2 is 1.94 bits per heavy atom. The third-order valence-electron chi connectivity index (χ3n) is 7.66. The number of aromatic nitrogens is 1. The van der Waals surface area contributed by atoms with E-state index in [4.69, 9.17) is 4.74 Å². The zero-order chi connectivity index (χ0) is 21.8. The van der Waals surface area contributed by atoms with Crippen LogP contribution < -0.4 is 10.1 Å². The number of urea groups is 1. The molecule has 1 saturated carbocycles. The number of likely N-dealkylation sites (N-methyl/N-ethyl adjacent to an activating group) is 1. The average molecular weight is 427 g/mol. The van der Waals surface area contributed by atoms with Crippen molar-refractivity contribution in [2.75, 3.05) is 40.4 Å². The van der Waals surface area contributed by atoms with Crippen LogP contribution in [0.5, 0.6) is 5.75 Å². The molecule has 1 aliphatic carbocycles. The first-order valence-electron chi connectivity index (χ1n) is 11.5. The highest BCUT2D eigenvalue weighted by molar-refractivity contribution is 5.90. The van der Waals surface area contributed by atoms with E-state index in [1.165, 1.54) is 30.2 Å². The number of ether oxygens (including phenoxy) is 1. The molecule has 7 nitrogen and oxygen atoms in total. The predicted molar refractivity (Wildman–Crippen MR) is 121 cm³/mol. The van der Waals surface area contributed by atoms with E-state index in [-0.39, 0.29) is 30.1 Å². The summed E-state index contributed by atoms with van der Waals surface area (Å²) in [5, 5.41) is 14.9. The van der Waals surface area contributed by atoms with E-state index in [2.05, 4.69) is 34.0 Å². The van der Waals surface area contributed by atoms with Crippen LogP contribution in [-0.2, 0) is 12.5 Å². The summed E-state index contributed by atoms with van der Waals surface area (Å²) in [7, 11) is 5.85. The summed E-state index contributed by atoms with van der Waals surface area (Å²) < 4.78 is 7.63. The molecular weight excluding hydrogens is 392 g/mol. The molecule has 3 heterocycles. The molecule has 2 aliphatic heterocycles. The average Bonchev–Trinajstić information content (AvgIpc) is 3.06. The van der Waals surface area contributed by atoms with E-state index >= 15 is 0 Å². The van der Waals surface area contributed by atoms with Gasteiger partial charge < -0.3 is 29.5 Å². The van der Waals surface area contributed by atoms with Crippen LogP contribution in [0.25, 0.3) is 10.9 Å². The number of nitrogens with one attached hydrogen (secondary N) is 1. The van der Waals surface area contributed by atoms with Gasteiger partial charge in [-0.05, 0) is 37.6 Å². The molecule has 1 saturated heterocycles. The van der Waals surface area contributed by atoms with Gasteiger partial charge in [-0.25, -0.2) is 4.79 Å². The van der Waals surface area contributed by atoms with Crippen LogP contribution in [-0.4, -0.2) is 71.9 Å². The molecule has 5 rings (SSSR count). The molecule has 2 aromatic rings. The molecule has 0 unspecified atom stereocenters. The van der Waals surface area contributed by atoms with Crippen LogP contribution in [0.3, 0.4) is 0 Å². The molecule has 2 amide bonds. The Hall–Kier alpha value is -2.25. The number of hydrogen-bond donors (Lipinski definition) is 2. The number of nitrogens with zero attached hydrogens (tertiary/aromatic N) is 3. The largest absolute Gasteiger partial charge is 0.497 e. The Morgan fingerprint density at radius 1 is 1.19 bits per heavy atom. The lowest BCUT2D eigenvalue weighted by Crippen LogP contribution is -2.67. The lowest BCUT2D eigenvalue weighted by molar-refractivity contribution is 0.0236. The number of methoxy groups -OCH3 is 1. The first-order valence-corrected chi connectivity index (χ1v) is 11.5. The molecule has 2 fully saturated rings. The van der Waals surface area contributed by atoms with E-state index in [9.17, 15) is 9.90 Å². The second-order valence-electron chi connectivity index (χ2n) is 9.77. The summed E-state index contributed by atoms with van der Waals surface area (Å²) in [5.41, 5.74) is 3.34. The minimum atomic E-state index is -0.349. The zero-order valence-corrected chi connectivity index (χ0v) is 18.9. The van der Waals surface area contributed by atoms with E-state index < -0.39 is 0 Å². The second-order valence-corrected chi connectivity index (χ2v) is 9.77. The van der Waals surface area contributed by atoms with Crippen molar-refractivity contribution in [1.29, 1.82) is 0 Å².